The van der Waals surface area contributed by atoms with Gasteiger partial charge in [-0.3, -0.25) is 0 Å². The van der Waals surface area contributed by atoms with Crippen LogP contribution in [0.5, 0.6) is 0 Å². The van der Waals surface area contributed by atoms with Gasteiger partial charge in [0.25, 0.3) is 0 Å². The molecule has 0 atom stereocenters. The number of hydrogen-bond donors (Lipinski definition) is 0. The van der Waals surface area contributed by atoms with Crippen molar-refractivity contribution in [1.29, 1.82) is 0 Å². The van der Waals surface area contributed by atoms with E-state index in [2.05, 4.69) is 28.0 Å². The number of hydrazone groups is 1. The number of halogens is 1. The van der Waals surface area contributed by atoms with E-state index in [0.29, 0.717) is 0 Å². The Balaban J connectivity index is 0. The van der Waals surface area contributed by atoms with Gasteiger partial charge < -0.3 is 4.90 Å². The van der Waals surface area contributed by atoms with Crippen molar-refractivity contribution in [3.05, 3.63) is 0 Å². The largest absolute Gasteiger partial charge is 0.365 e. The third-order valence-electron chi connectivity index (χ3n) is 0.930. The standard InChI is InChI=1S/C5H12IN3.C2H6/c1-5(8(2)3)7-9(4)6;1-2/h1-4H3;1-2H3/b7-5-;. The molecule has 0 bridgehead atoms. The highest BCUT2D eigenvalue weighted by atomic mass is 127. The van der Waals surface area contributed by atoms with Gasteiger partial charge in [-0.05, 0) is 6.92 Å². The second-order valence-electron chi connectivity index (χ2n) is 1.99. The summed E-state index contributed by atoms with van der Waals surface area (Å²) in [6.07, 6.45) is 0. The number of rotatable bonds is 1. The van der Waals surface area contributed by atoms with E-state index in [1.54, 1.807) is 3.22 Å². The van der Waals surface area contributed by atoms with E-state index in [1.807, 2.05) is 46.8 Å². The number of amidine groups is 1. The van der Waals surface area contributed by atoms with Gasteiger partial charge in [0, 0.05) is 21.1 Å². The van der Waals surface area contributed by atoms with Crippen LogP contribution in [-0.2, 0) is 0 Å². The van der Waals surface area contributed by atoms with Crippen LogP contribution in [0.25, 0.3) is 0 Å². The molecule has 0 saturated carbocycles. The maximum atomic E-state index is 4.14. The molecule has 3 nitrogen and oxygen atoms in total. The van der Waals surface area contributed by atoms with Gasteiger partial charge in [-0.1, -0.05) is 13.8 Å². The lowest BCUT2D eigenvalue weighted by molar-refractivity contribution is 0.575. The Morgan fingerprint density at radius 3 is 1.64 bits per heavy atom. The van der Waals surface area contributed by atoms with Crippen molar-refractivity contribution in [3.63, 3.8) is 0 Å². The second kappa shape index (κ2) is 8.10. The highest BCUT2D eigenvalue weighted by Crippen LogP contribution is 1.94. The first-order valence-electron chi connectivity index (χ1n) is 3.66. The lowest BCUT2D eigenvalue weighted by Crippen LogP contribution is -2.20. The van der Waals surface area contributed by atoms with Crippen LogP contribution in [0.2, 0.25) is 0 Å². The maximum Gasteiger partial charge on any atom is 0.122 e. The molecule has 0 saturated heterocycles. The minimum atomic E-state index is 1.01. The van der Waals surface area contributed by atoms with Gasteiger partial charge in [0.15, 0.2) is 0 Å². The molecular weight excluding hydrogens is 253 g/mol. The fourth-order valence-corrected chi connectivity index (χ4v) is 0.601. The fourth-order valence-electron chi connectivity index (χ4n) is 0.289. The van der Waals surface area contributed by atoms with Gasteiger partial charge in [0.05, 0.1) is 22.9 Å². The van der Waals surface area contributed by atoms with Crippen LogP contribution in [0, 0.1) is 0 Å². The van der Waals surface area contributed by atoms with E-state index in [4.69, 9.17) is 0 Å². The van der Waals surface area contributed by atoms with Crippen molar-refractivity contribution >= 4 is 28.7 Å². The Morgan fingerprint density at radius 2 is 1.55 bits per heavy atom. The summed E-state index contributed by atoms with van der Waals surface area (Å²) >= 11 is 2.11. The highest BCUT2D eigenvalue weighted by molar-refractivity contribution is 14.1. The molecule has 0 unspecified atom stereocenters. The second-order valence-corrected chi connectivity index (χ2v) is 3.38. The average Bonchev–Trinajstić information content (AvgIpc) is 1.90. The first-order chi connectivity index (χ1) is 5.04. The van der Waals surface area contributed by atoms with Gasteiger partial charge in [-0.15, -0.1) is 0 Å². The van der Waals surface area contributed by atoms with Gasteiger partial charge in [-0.2, -0.15) is 5.10 Å². The van der Waals surface area contributed by atoms with Gasteiger partial charge >= 0.3 is 0 Å². The predicted molar refractivity (Wildman–Crippen MR) is 59.9 cm³/mol. The summed E-state index contributed by atoms with van der Waals surface area (Å²) < 4.78 is 1.76. The molecule has 0 heterocycles. The van der Waals surface area contributed by atoms with Crippen LogP contribution in [0.3, 0.4) is 0 Å². The van der Waals surface area contributed by atoms with Gasteiger partial charge in [0.1, 0.15) is 5.84 Å². The summed E-state index contributed by atoms with van der Waals surface area (Å²) in [4.78, 5) is 1.97. The Bertz CT molecular complexity index is 110. The summed E-state index contributed by atoms with van der Waals surface area (Å²) in [7, 11) is 5.84. The minimum Gasteiger partial charge on any atom is -0.365 e. The van der Waals surface area contributed by atoms with Crippen molar-refractivity contribution in [3.8, 4) is 0 Å². The molecule has 0 aromatic carbocycles. The molecule has 68 valence electrons. The van der Waals surface area contributed by atoms with E-state index < -0.39 is 0 Å². The summed E-state index contributed by atoms with van der Waals surface area (Å²) in [5, 5.41) is 4.14. The lowest BCUT2D eigenvalue weighted by atomic mass is 10.6. The normalized spacial score (nSPS) is 9.91. The van der Waals surface area contributed by atoms with Crippen LogP contribution < -0.4 is 0 Å². The molecule has 0 rings (SSSR count). The van der Waals surface area contributed by atoms with Gasteiger partial charge in [0.2, 0.25) is 0 Å². The molecule has 0 aliphatic carbocycles. The monoisotopic (exact) mass is 271 g/mol. The molecule has 0 fully saturated rings. The van der Waals surface area contributed by atoms with Gasteiger partial charge in [-0.25, -0.2) is 3.22 Å². The zero-order valence-electron chi connectivity index (χ0n) is 8.22. The van der Waals surface area contributed by atoms with Crippen LogP contribution in [0.15, 0.2) is 5.10 Å². The molecule has 0 aromatic heterocycles. The molecule has 0 spiro atoms. The van der Waals surface area contributed by atoms with Crippen molar-refractivity contribution in [2.24, 2.45) is 5.10 Å². The molecule has 0 aliphatic rings. The summed E-state index contributed by atoms with van der Waals surface area (Å²) in [5.41, 5.74) is 0. The predicted octanol–water partition coefficient (Wildman–Crippen LogP) is 2.19. The highest BCUT2D eigenvalue weighted by Gasteiger charge is 1.91. The topological polar surface area (TPSA) is 18.8 Å². The van der Waals surface area contributed by atoms with E-state index in [0.717, 1.165) is 5.84 Å². The van der Waals surface area contributed by atoms with E-state index in [-0.39, 0.29) is 0 Å². The summed E-state index contributed by atoms with van der Waals surface area (Å²) in [6.45, 7) is 5.97. The van der Waals surface area contributed by atoms with Crippen molar-refractivity contribution in [1.82, 2.24) is 8.12 Å². The quantitative estimate of drug-likeness (QED) is 0.239. The molecule has 4 heteroatoms. The zero-order valence-corrected chi connectivity index (χ0v) is 10.4. The summed E-state index contributed by atoms with van der Waals surface area (Å²) in [5.74, 6) is 1.01. The SMILES string of the molecule is C/C(=N/N(C)I)N(C)C.CC. The number of hydrogen-bond acceptors (Lipinski definition) is 2. The zero-order chi connectivity index (χ0) is 9.44. The summed E-state index contributed by atoms with van der Waals surface area (Å²) in [6, 6.07) is 0. The van der Waals surface area contributed by atoms with Crippen molar-refractivity contribution < 1.29 is 0 Å². The molecular formula is C7H18IN3. The van der Waals surface area contributed by atoms with Crippen molar-refractivity contribution in [2.45, 2.75) is 20.8 Å². The van der Waals surface area contributed by atoms with E-state index >= 15 is 0 Å². The van der Waals surface area contributed by atoms with E-state index in [1.165, 1.54) is 0 Å². The Hall–Kier alpha value is -0.0000000000000000555. The molecule has 0 amide bonds. The lowest BCUT2D eigenvalue weighted by Gasteiger charge is -2.12. The average molecular weight is 271 g/mol. The Labute approximate surface area is 83.9 Å². The third kappa shape index (κ3) is 10.0. The minimum absolute atomic E-state index is 1.01. The molecule has 0 N–H and O–H groups in total. The van der Waals surface area contributed by atoms with Crippen LogP contribution in [0.4, 0.5) is 0 Å². The molecule has 11 heavy (non-hydrogen) atoms. The van der Waals surface area contributed by atoms with Crippen molar-refractivity contribution in [2.75, 3.05) is 21.1 Å². The molecule has 0 aromatic rings. The number of nitrogens with zero attached hydrogens (tertiary/aromatic N) is 3. The first-order valence-corrected chi connectivity index (χ1v) is 4.62. The maximum absolute atomic E-state index is 4.14. The van der Waals surface area contributed by atoms with Crippen LogP contribution in [-0.4, -0.2) is 35.1 Å². The van der Waals surface area contributed by atoms with Crippen LogP contribution in [0.1, 0.15) is 20.8 Å². The molecule has 0 aliphatic heterocycles. The smallest absolute Gasteiger partial charge is 0.122 e. The molecule has 0 radical (unpaired) electrons. The van der Waals surface area contributed by atoms with Crippen LogP contribution >= 0.6 is 22.9 Å². The third-order valence-corrected chi connectivity index (χ3v) is 1.15. The first kappa shape index (κ1) is 13.6. The fraction of sp³-hybridized carbons (Fsp3) is 0.857. The van der Waals surface area contributed by atoms with E-state index in [9.17, 15) is 0 Å². The Kier molecular flexibility index (Phi) is 10.0. The Morgan fingerprint density at radius 1 is 1.18 bits per heavy atom.